The minimum Gasteiger partial charge on any atom is -0.331 e. The number of nitrogens with one attached hydrogen (secondary N) is 1. The van der Waals surface area contributed by atoms with Gasteiger partial charge in [-0.25, -0.2) is 0 Å². The van der Waals surface area contributed by atoms with Crippen LogP contribution in [0.1, 0.15) is 25.3 Å². The zero-order chi connectivity index (χ0) is 11.8. The van der Waals surface area contributed by atoms with Gasteiger partial charge < -0.3 is 9.55 Å². The van der Waals surface area contributed by atoms with Gasteiger partial charge in [0.15, 0.2) is 4.77 Å². The molecule has 1 aliphatic carbocycles. The zero-order valence-corrected chi connectivity index (χ0v) is 11.5. The fourth-order valence-electron chi connectivity index (χ4n) is 2.80. The van der Waals surface area contributed by atoms with E-state index in [0.717, 1.165) is 15.5 Å². The molecule has 0 saturated heterocycles. The number of thioether (sulfide) groups is 1. The number of fused-ring (bicyclic) bond motifs is 1. The van der Waals surface area contributed by atoms with Gasteiger partial charge in [0.25, 0.3) is 0 Å². The molecular weight excluding hydrogens is 248 g/mol. The Balaban J connectivity index is 2.06. The molecule has 4 heteroatoms. The number of hydrogen-bond donors (Lipinski definition) is 1. The average Bonchev–Trinajstić information content (AvgIpc) is 2.91. The molecule has 1 heterocycles. The molecule has 17 heavy (non-hydrogen) atoms. The molecule has 1 aromatic heterocycles. The highest BCUT2D eigenvalue weighted by atomic mass is 32.2. The van der Waals surface area contributed by atoms with Gasteiger partial charge in [0.1, 0.15) is 0 Å². The highest BCUT2D eigenvalue weighted by Crippen LogP contribution is 2.37. The number of para-hydroxylation sites is 2. The van der Waals surface area contributed by atoms with Gasteiger partial charge in [-0.15, -0.1) is 0 Å². The summed E-state index contributed by atoms with van der Waals surface area (Å²) in [5.74, 6) is 0. The normalized spacial score (nSPS) is 24.5. The molecule has 0 spiro atoms. The second kappa shape index (κ2) is 4.50. The Morgan fingerprint density at radius 3 is 2.94 bits per heavy atom. The molecule has 90 valence electrons. The van der Waals surface area contributed by atoms with E-state index in [2.05, 4.69) is 40.1 Å². The predicted octanol–water partition coefficient (Wildman–Crippen LogP) is 4.16. The number of imidazole rings is 1. The first kappa shape index (κ1) is 11.4. The Kier molecular flexibility index (Phi) is 3.01. The van der Waals surface area contributed by atoms with Crippen molar-refractivity contribution in [1.29, 1.82) is 0 Å². The van der Waals surface area contributed by atoms with Crippen molar-refractivity contribution in [2.45, 2.75) is 30.6 Å². The van der Waals surface area contributed by atoms with Crippen LogP contribution in [0.5, 0.6) is 0 Å². The third kappa shape index (κ3) is 1.93. The second-order valence-corrected chi connectivity index (χ2v) is 6.17. The van der Waals surface area contributed by atoms with Crippen molar-refractivity contribution in [2.75, 3.05) is 6.26 Å². The summed E-state index contributed by atoms with van der Waals surface area (Å²) in [5, 5.41) is 0.801. The Labute approximate surface area is 110 Å². The predicted molar refractivity (Wildman–Crippen MR) is 77.3 cm³/mol. The molecule has 3 rings (SSSR count). The summed E-state index contributed by atoms with van der Waals surface area (Å²) in [4.78, 5) is 3.31. The molecule has 1 saturated carbocycles. The van der Waals surface area contributed by atoms with E-state index in [9.17, 15) is 0 Å². The zero-order valence-electron chi connectivity index (χ0n) is 9.85. The molecule has 1 aromatic carbocycles. The lowest BCUT2D eigenvalue weighted by Crippen LogP contribution is -2.06. The van der Waals surface area contributed by atoms with Crippen LogP contribution >= 0.6 is 24.0 Å². The lowest BCUT2D eigenvalue weighted by molar-refractivity contribution is 0.527. The summed E-state index contributed by atoms with van der Waals surface area (Å²) < 4.78 is 3.19. The minimum absolute atomic E-state index is 0.580. The van der Waals surface area contributed by atoms with Gasteiger partial charge in [-0.05, 0) is 49.9 Å². The van der Waals surface area contributed by atoms with Crippen LogP contribution in [0, 0.1) is 4.77 Å². The molecule has 0 amide bonds. The van der Waals surface area contributed by atoms with Crippen LogP contribution < -0.4 is 0 Å². The minimum atomic E-state index is 0.580. The molecule has 2 atom stereocenters. The van der Waals surface area contributed by atoms with Gasteiger partial charge in [-0.2, -0.15) is 11.8 Å². The van der Waals surface area contributed by atoms with Crippen molar-refractivity contribution in [2.24, 2.45) is 0 Å². The number of benzene rings is 1. The van der Waals surface area contributed by atoms with Crippen LogP contribution in [0.4, 0.5) is 0 Å². The monoisotopic (exact) mass is 264 g/mol. The smallest absolute Gasteiger partial charge is 0.178 e. The van der Waals surface area contributed by atoms with Crippen molar-refractivity contribution in [1.82, 2.24) is 9.55 Å². The van der Waals surface area contributed by atoms with E-state index in [0.29, 0.717) is 6.04 Å². The van der Waals surface area contributed by atoms with Gasteiger partial charge in [0, 0.05) is 11.3 Å². The third-order valence-corrected chi connectivity index (χ3v) is 5.07. The highest BCUT2D eigenvalue weighted by molar-refractivity contribution is 7.99. The molecule has 1 aliphatic rings. The maximum Gasteiger partial charge on any atom is 0.178 e. The maximum atomic E-state index is 5.47. The van der Waals surface area contributed by atoms with Gasteiger partial charge in [0.05, 0.1) is 11.0 Å². The van der Waals surface area contributed by atoms with Crippen molar-refractivity contribution >= 4 is 35.0 Å². The van der Waals surface area contributed by atoms with E-state index in [1.54, 1.807) is 0 Å². The molecule has 0 bridgehead atoms. The Bertz CT molecular complexity index is 584. The lowest BCUT2D eigenvalue weighted by atomic mass is 10.2. The van der Waals surface area contributed by atoms with Crippen LogP contribution in [0.25, 0.3) is 11.0 Å². The van der Waals surface area contributed by atoms with E-state index < -0.39 is 0 Å². The molecule has 2 aromatic rings. The molecule has 2 unspecified atom stereocenters. The Morgan fingerprint density at radius 2 is 2.18 bits per heavy atom. The average molecular weight is 264 g/mol. The van der Waals surface area contributed by atoms with Gasteiger partial charge in [-0.3, -0.25) is 0 Å². The standard InChI is InChI=1S/C13H16N2S2/c1-17-10-7-6-9(8-10)15-12-5-3-2-4-11(12)14-13(15)16/h2-5,9-10H,6-8H2,1H3,(H,14,16). The van der Waals surface area contributed by atoms with E-state index >= 15 is 0 Å². The number of hydrogen-bond acceptors (Lipinski definition) is 2. The van der Waals surface area contributed by atoms with Crippen LogP contribution in [-0.4, -0.2) is 21.1 Å². The number of H-pyrrole nitrogens is 1. The fourth-order valence-corrected chi connectivity index (χ4v) is 3.95. The van der Waals surface area contributed by atoms with Crippen molar-refractivity contribution in [3.8, 4) is 0 Å². The maximum absolute atomic E-state index is 5.47. The van der Waals surface area contributed by atoms with Crippen LogP contribution in [0.2, 0.25) is 0 Å². The SMILES string of the molecule is CSC1CCC(n2c(=S)[nH]c3ccccc32)C1. The summed E-state index contributed by atoms with van der Waals surface area (Å²) in [6.45, 7) is 0. The van der Waals surface area contributed by atoms with Crippen molar-refractivity contribution in [3.05, 3.63) is 29.0 Å². The lowest BCUT2D eigenvalue weighted by Gasteiger charge is -2.13. The Hall–Kier alpha value is -0.740. The summed E-state index contributed by atoms with van der Waals surface area (Å²) in [5.41, 5.74) is 2.41. The van der Waals surface area contributed by atoms with Gasteiger partial charge >= 0.3 is 0 Å². The summed E-state index contributed by atoms with van der Waals surface area (Å²) >= 11 is 7.45. The third-order valence-electron chi connectivity index (χ3n) is 3.68. The van der Waals surface area contributed by atoms with Crippen molar-refractivity contribution in [3.63, 3.8) is 0 Å². The second-order valence-electron chi connectivity index (χ2n) is 4.64. The summed E-state index contributed by atoms with van der Waals surface area (Å²) in [6.07, 6.45) is 6.02. The van der Waals surface area contributed by atoms with Crippen LogP contribution in [0.3, 0.4) is 0 Å². The summed E-state index contributed by atoms with van der Waals surface area (Å²) in [7, 11) is 0. The van der Waals surface area contributed by atoms with E-state index in [4.69, 9.17) is 12.2 Å². The summed E-state index contributed by atoms with van der Waals surface area (Å²) in [6, 6.07) is 8.98. The molecule has 0 aliphatic heterocycles. The number of aromatic nitrogens is 2. The topological polar surface area (TPSA) is 20.7 Å². The molecule has 2 nitrogen and oxygen atoms in total. The first-order chi connectivity index (χ1) is 8.29. The first-order valence-corrected chi connectivity index (χ1v) is 7.71. The highest BCUT2D eigenvalue weighted by Gasteiger charge is 2.26. The first-order valence-electron chi connectivity index (χ1n) is 6.01. The molecule has 0 radical (unpaired) electrons. The molecular formula is C13H16N2S2. The van der Waals surface area contributed by atoms with Crippen LogP contribution in [-0.2, 0) is 0 Å². The van der Waals surface area contributed by atoms with Crippen molar-refractivity contribution < 1.29 is 0 Å². The van der Waals surface area contributed by atoms with E-state index in [1.807, 2.05) is 11.8 Å². The largest absolute Gasteiger partial charge is 0.331 e. The van der Waals surface area contributed by atoms with Crippen LogP contribution in [0.15, 0.2) is 24.3 Å². The fraction of sp³-hybridized carbons (Fsp3) is 0.462. The van der Waals surface area contributed by atoms with Gasteiger partial charge in [-0.1, -0.05) is 12.1 Å². The van der Waals surface area contributed by atoms with Gasteiger partial charge in [0.2, 0.25) is 0 Å². The quantitative estimate of drug-likeness (QED) is 0.822. The Morgan fingerprint density at radius 1 is 1.35 bits per heavy atom. The van der Waals surface area contributed by atoms with E-state index in [-0.39, 0.29) is 0 Å². The number of rotatable bonds is 2. The van der Waals surface area contributed by atoms with E-state index in [1.165, 1.54) is 24.8 Å². The molecule has 1 fully saturated rings. The molecule has 1 N–H and O–H groups in total. The number of aromatic amines is 1. The number of nitrogens with zero attached hydrogens (tertiary/aromatic N) is 1.